The van der Waals surface area contributed by atoms with E-state index in [1.54, 1.807) is 41.5 Å². The van der Waals surface area contributed by atoms with Crippen LogP contribution in [-0.2, 0) is 14.3 Å². The van der Waals surface area contributed by atoms with E-state index in [1.807, 2.05) is 0 Å². The van der Waals surface area contributed by atoms with Crippen LogP contribution in [0.4, 0.5) is 4.79 Å². The minimum Gasteiger partial charge on any atom is -0.458 e. The molecular formula is C13H23NO5. The van der Waals surface area contributed by atoms with Crippen LogP contribution >= 0.6 is 0 Å². The van der Waals surface area contributed by atoms with E-state index < -0.39 is 28.9 Å². The van der Waals surface area contributed by atoms with Gasteiger partial charge in [-0.25, -0.2) is 9.59 Å². The lowest BCUT2D eigenvalue weighted by Gasteiger charge is -2.44. The zero-order valence-corrected chi connectivity index (χ0v) is 12.4. The largest absolute Gasteiger partial charge is 0.458 e. The van der Waals surface area contributed by atoms with E-state index in [2.05, 4.69) is 0 Å². The van der Waals surface area contributed by atoms with Crippen LogP contribution in [-0.4, -0.2) is 52.0 Å². The van der Waals surface area contributed by atoms with Gasteiger partial charge in [0.15, 0.2) is 5.60 Å². The smallest absolute Gasteiger partial charge is 0.410 e. The number of aliphatic hydroxyl groups is 1. The van der Waals surface area contributed by atoms with Gasteiger partial charge in [-0.2, -0.15) is 0 Å². The monoisotopic (exact) mass is 273 g/mol. The van der Waals surface area contributed by atoms with Crippen molar-refractivity contribution in [2.45, 2.75) is 58.3 Å². The quantitative estimate of drug-likeness (QED) is 0.729. The molecule has 0 saturated carbocycles. The van der Waals surface area contributed by atoms with Gasteiger partial charge in [0.05, 0.1) is 13.1 Å². The molecule has 1 amide bonds. The Morgan fingerprint density at radius 3 is 1.79 bits per heavy atom. The molecule has 0 unspecified atom stereocenters. The summed E-state index contributed by atoms with van der Waals surface area (Å²) in [6, 6.07) is 0. The van der Waals surface area contributed by atoms with Gasteiger partial charge < -0.3 is 19.5 Å². The van der Waals surface area contributed by atoms with E-state index in [1.165, 1.54) is 4.90 Å². The molecule has 110 valence electrons. The van der Waals surface area contributed by atoms with Gasteiger partial charge in [-0.3, -0.25) is 0 Å². The average molecular weight is 273 g/mol. The number of rotatable bonds is 1. The molecule has 1 N–H and O–H groups in total. The summed E-state index contributed by atoms with van der Waals surface area (Å²) in [4.78, 5) is 24.7. The topological polar surface area (TPSA) is 76.1 Å². The molecule has 0 aromatic heterocycles. The van der Waals surface area contributed by atoms with Crippen LogP contribution in [0.5, 0.6) is 0 Å². The van der Waals surface area contributed by atoms with Crippen molar-refractivity contribution in [2.24, 2.45) is 0 Å². The Morgan fingerprint density at radius 1 is 1.00 bits per heavy atom. The third-order valence-corrected chi connectivity index (χ3v) is 2.34. The van der Waals surface area contributed by atoms with Crippen molar-refractivity contribution in [2.75, 3.05) is 13.1 Å². The molecule has 1 fully saturated rings. The van der Waals surface area contributed by atoms with Crippen molar-refractivity contribution in [3.8, 4) is 0 Å². The van der Waals surface area contributed by atoms with Gasteiger partial charge in [0.1, 0.15) is 11.2 Å². The van der Waals surface area contributed by atoms with Crippen molar-refractivity contribution in [3.05, 3.63) is 0 Å². The minimum absolute atomic E-state index is 0.100. The standard InChI is InChI=1S/C13H23NO5/c1-11(2,3)18-9(15)13(17)7-14(8-13)10(16)19-12(4,5)6/h17H,7-8H2,1-6H3. The number of hydrogen-bond acceptors (Lipinski definition) is 5. The summed E-state index contributed by atoms with van der Waals surface area (Å²) in [7, 11) is 0. The molecule has 1 saturated heterocycles. The summed E-state index contributed by atoms with van der Waals surface area (Å²) in [5, 5.41) is 10.0. The molecule has 0 radical (unpaired) electrons. The number of carbonyl (C=O) groups excluding carboxylic acids is 2. The molecule has 1 heterocycles. The summed E-state index contributed by atoms with van der Waals surface area (Å²) in [5.74, 6) is -0.709. The van der Waals surface area contributed by atoms with Crippen molar-refractivity contribution in [3.63, 3.8) is 0 Å². The van der Waals surface area contributed by atoms with Gasteiger partial charge in [-0.05, 0) is 41.5 Å². The Bertz CT molecular complexity index is 371. The van der Waals surface area contributed by atoms with Crippen molar-refractivity contribution < 1.29 is 24.2 Å². The highest BCUT2D eigenvalue weighted by atomic mass is 16.6. The van der Waals surface area contributed by atoms with Gasteiger partial charge in [0.25, 0.3) is 0 Å². The molecule has 6 nitrogen and oxygen atoms in total. The lowest BCUT2D eigenvalue weighted by atomic mass is 9.94. The van der Waals surface area contributed by atoms with Crippen LogP contribution < -0.4 is 0 Å². The fourth-order valence-corrected chi connectivity index (χ4v) is 1.54. The number of esters is 1. The Labute approximate surface area is 113 Å². The lowest BCUT2D eigenvalue weighted by Crippen LogP contribution is -2.68. The Balaban J connectivity index is 2.52. The number of amides is 1. The first-order valence-electron chi connectivity index (χ1n) is 6.26. The zero-order valence-electron chi connectivity index (χ0n) is 12.4. The fourth-order valence-electron chi connectivity index (χ4n) is 1.54. The number of carbonyl (C=O) groups is 2. The first-order valence-corrected chi connectivity index (χ1v) is 6.26. The molecule has 1 aliphatic rings. The fraction of sp³-hybridized carbons (Fsp3) is 0.846. The molecule has 1 rings (SSSR count). The van der Waals surface area contributed by atoms with Crippen LogP contribution in [0.2, 0.25) is 0 Å². The van der Waals surface area contributed by atoms with Crippen LogP contribution in [0.25, 0.3) is 0 Å². The molecular weight excluding hydrogens is 250 g/mol. The SMILES string of the molecule is CC(C)(C)OC(=O)N1CC(O)(C(=O)OC(C)(C)C)C1. The molecule has 0 bridgehead atoms. The Morgan fingerprint density at radius 2 is 1.42 bits per heavy atom. The summed E-state index contributed by atoms with van der Waals surface area (Å²) in [6.07, 6.45) is -0.541. The molecule has 0 aromatic rings. The second-order valence-electron chi connectivity index (χ2n) is 6.87. The highest BCUT2D eigenvalue weighted by molar-refractivity contribution is 5.84. The maximum absolute atomic E-state index is 11.8. The lowest BCUT2D eigenvalue weighted by molar-refractivity contribution is -0.192. The summed E-state index contributed by atoms with van der Waals surface area (Å²) in [6.45, 7) is 10.2. The molecule has 0 aliphatic carbocycles. The van der Waals surface area contributed by atoms with Crippen LogP contribution in [0.3, 0.4) is 0 Å². The summed E-state index contributed by atoms with van der Waals surface area (Å²) >= 11 is 0. The van der Waals surface area contributed by atoms with E-state index in [0.717, 1.165) is 0 Å². The number of β-amino-alcohol motifs (C(OH)–C–C–N with tert-alkyl or cyclic N) is 1. The van der Waals surface area contributed by atoms with E-state index in [4.69, 9.17) is 9.47 Å². The maximum Gasteiger partial charge on any atom is 0.410 e. The Hall–Kier alpha value is -1.30. The molecule has 0 atom stereocenters. The van der Waals surface area contributed by atoms with Gasteiger partial charge in [0, 0.05) is 0 Å². The van der Waals surface area contributed by atoms with Crippen molar-refractivity contribution in [1.82, 2.24) is 4.90 Å². The number of ether oxygens (including phenoxy) is 2. The number of nitrogens with zero attached hydrogens (tertiary/aromatic N) is 1. The number of hydrogen-bond donors (Lipinski definition) is 1. The van der Waals surface area contributed by atoms with Gasteiger partial charge in [-0.1, -0.05) is 0 Å². The average Bonchev–Trinajstić information content (AvgIpc) is 2.06. The molecule has 19 heavy (non-hydrogen) atoms. The second kappa shape index (κ2) is 4.67. The van der Waals surface area contributed by atoms with E-state index in [9.17, 15) is 14.7 Å². The highest BCUT2D eigenvalue weighted by Crippen LogP contribution is 2.26. The predicted octanol–water partition coefficient (Wildman–Crippen LogP) is 1.31. The summed E-state index contributed by atoms with van der Waals surface area (Å²) in [5.41, 5.74) is -2.89. The minimum atomic E-state index is -1.62. The van der Waals surface area contributed by atoms with E-state index in [0.29, 0.717) is 0 Å². The second-order valence-corrected chi connectivity index (χ2v) is 6.87. The van der Waals surface area contributed by atoms with Crippen molar-refractivity contribution in [1.29, 1.82) is 0 Å². The Kier molecular flexibility index (Phi) is 3.87. The third kappa shape index (κ3) is 4.38. The first-order chi connectivity index (χ1) is 8.32. The maximum atomic E-state index is 11.8. The molecule has 0 spiro atoms. The normalized spacial score (nSPS) is 18.6. The summed E-state index contributed by atoms with van der Waals surface area (Å²) < 4.78 is 10.2. The zero-order chi connectivity index (χ0) is 15.1. The molecule has 0 aromatic carbocycles. The van der Waals surface area contributed by atoms with Crippen LogP contribution in [0.1, 0.15) is 41.5 Å². The van der Waals surface area contributed by atoms with Crippen LogP contribution in [0, 0.1) is 0 Å². The van der Waals surface area contributed by atoms with Gasteiger partial charge in [0.2, 0.25) is 0 Å². The van der Waals surface area contributed by atoms with E-state index in [-0.39, 0.29) is 13.1 Å². The third-order valence-electron chi connectivity index (χ3n) is 2.34. The molecule has 6 heteroatoms. The van der Waals surface area contributed by atoms with Gasteiger partial charge in [-0.15, -0.1) is 0 Å². The molecule has 1 aliphatic heterocycles. The number of likely N-dealkylation sites (tertiary alicyclic amines) is 1. The van der Waals surface area contributed by atoms with Crippen molar-refractivity contribution >= 4 is 12.1 Å². The van der Waals surface area contributed by atoms with Gasteiger partial charge >= 0.3 is 12.1 Å². The van der Waals surface area contributed by atoms with Crippen LogP contribution in [0.15, 0.2) is 0 Å². The van der Waals surface area contributed by atoms with E-state index >= 15 is 0 Å². The first kappa shape index (κ1) is 15.8. The highest BCUT2D eigenvalue weighted by Gasteiger charge is 2.52. The predicted molar refractivity (Wildman–Crippen MR) is 68.6 cm³/mol.